The van der Waals surface area contributed by atoms with E-state index in [2.05, 4.69) is 25.6 Å². The van der Waals surface area contributed by atoms with Crippen molar-refractivity contribution < 1.29 is 9.90 Å². The molecule has 2 rings (SSSR count). The fraction of sp³-hybridized carbons (Fsp3) is 0.500. The Labute approximate surface area is 96.1 Å². The normalized spacial score (nSPS) is 11.6. The lowest BCUT2D eigenvalue weighted by molar-refractivity contribution is -0.146. The van der Waals surface area contributed by atoms with Crippen LogP contribution in [0, 0.1) is 0 Å². The number of nitrogens with zero attached hydrogens (tertiary/aromatic N) is 7. The number of hydrogen-bond donors (Lipinski definition) is 1. The SMILES string of the molecule is CC(C)(C(=O)O)n1nnnc1Cn1cncn1. The second-order valence-electron chi connectivity index (χ2n) is 3.96. The average Bonchev–Trinajstić information content (AvgIpc) is 2.89. The van der Waals surface area contributed by atoms with E-state index in [1.165, 1.54) is 35.9 Å². The first kappa shape index (κ1) is 11.2. The zero-order valence-electron chi connectivity index (χ0n) is 9.35. The molecule has 0 atom stereocenters. The van der Waals surface area contributed by atoms with Crippen LogP contribution in [0.15, 0.2) is 12.7 Å². The van der Waals surface area contributed by atoms with Gasteiger partial charge in [0.1, 0.15) is 19.2 Å². The van der Waals surface area contributed by atoms with Gasteiger partial charge in [-0.1, -0.05) is 0 Å². The third-order valence-electron chi connectivity index (χ3n) is 2.36. The summed E-state index contributed by atoms with van der Waals surface area (Å²) >= 11 is 0. The summed E-state index contributed by atoms with van der Waals surface area (Å²) in [4.78, 5) is 14.9. The van der Waals surface area contributed by atoms with Crippen molar-refractivity contribution in [1.82, 2.24) is 35.0 Å². The molecule has 0 radical (unpaired) electrons. The van der Waals surface area contributed by atoms with E-state index in [-0.39, 0.29) is 6.54 Å². The van der Waals surface area contributed by atoms with Crippen molar-refractivity contribution in [3.63, 3.8) is 0 Å². The van der Waals surface area contributed by atoms with E-state index in [9.17, 15) is 4.79 Å². The molecule has 0 fully saturated rings. The number of carboxylic acid groups (broad SMARTS) is 1. The maximum Gasteiger partial charge on any atom is 0.331 e. The minimum atomic E-state index is -1.21. The van der Waals surface area contributed by atoms with Gasteiger partial charge in [-0.2, -0.15) is 5.10 Å². The highest BCUT2D eigenvalue weighted by molar-refractivity contribution is 5.75. The average molecular weight is 237 g/mol. The zero-order valence-corrected chi connectivity index (χ0v) is 9.35. The predicted octanol–water partition coefficient (Wildman–Crippen LogP) is -0.867. The summed E-state index contributed by atoms with van der Waals surface area (Å²) in [5.74, 6) is -0.604. The van der Waals surface area contributed by atoms with Gasteiger partial charge in [0.05, 0.1) is 0 Å². The van der Waals surface area contributed by atoms with E-state index in [0.29, 0.717) is 5.82 Å². The van der Waals surface area contributed by atoms with Crippen molar-refractivity contribution in [3.8, 4) is 0 Å². The molecule has 0 amide bonds. The van der Waals surface area contributed by atoms with Crippen LogP contribution < -0.4 is 0 Å². The highest BCUT2D eigenvalue weighted by atomic mass is 16.4. The van der Waals surface area contributed by atoms with Crippen LogP contribution in [0.2, 0.25) is 0 Å². The van der Waals surface area contributed by atoms with Gasteiger partial charge in [-0.25, -0.2) is 19.1 Å². The molecule has 2 aromatic heterocycles. The molecule has 0 spiro atoms. The van der Waals surface area contributed by atoms with Gasteiger partial charge in [-0.3, -0.25) is 0 Å². The smallest absolute Gasteiger partial charge is 0.331 e. The van der Waals surface area contributed by atoms with Crippen molar-refractivity contribution in [2.24, 2.45) is 0 Å². The lowest BCUT2D eigenvalue weighted by Crippen LogP contribution is -2.38. The van der Waals surface area contributed by atoms with Crippen molar-refractivity contribution >= 4 is 5.97 Å². The van der Waals surface area contributed by atoms with Crippen LogP contribution in [0.5, 0.6) is 0 Å². The molecule has 2 aromatic rings. The van der Waals surface area contributed by atoms with Gasteiger partial charge in [-0.15, -0.1) is 5.10 Å². The second kappa shape index (κ2) is 3.92. The molecule has 9 heteroatoms. The number of hydrogen-bond acceptors (Lipinski definition) is 6. The first-order valence-corrected chi connectivity index (χ1v) is 4.85. The Morgan fingerprint density at radius 2 is 2.29 bits per heavy atom. The number of carbonyl (C=O) groups is 1. The topological polar surface area (TPSA) is 112 Å². The number of aromatic nitrogens is 7. The molecule has 90 valence electrons. The molecule has 2 heterocycles. The molecule has 0 saturated carbocycles. The Morgan fingerprint density at radius 1 is 1.53 bits per heavy atom. The lowest BCUT2D eigenvalue weighted by atomic mass is 10.1. The van der Waals surface area contributed by atoms with Crippen LogP contribution in [-0.4, -0.2) is 46.0 Å². The molecule has 0 aromatic carbocycles. The van der Waals surface area contributed by atoms with Gasteiger partial charge < -0.3 is 5.11 Å². The quantitative estimate of drug-likeness (QED) is 0.735. The Kier molecular flexibility index (Phi) is 2.58. The van der Waals surface area contributed by atoms with Gasteiger partial charge >= 0.3 is 5.97 Å². The predicted molar refractivity (Wildman–Crippen MR) is 53.9 cm³/mol. The van der Waals surface area contributed by atoms with Gasteiger partial charge in [-0.05, 0) is 24.3 Å². The van der Waals surface area contributed by atoms with Crippen LogP contribution in [0.4, 0.5) is 0 Å². The minimum absolute atomic E-state index is 0.268. The van der Waals surface area contributed by atoms with Gasteiger partial charge in [0.2, 0.25) is 0 Å². The molecule has 0 saturated heterocycles. The van der Waals surface area contributed by atoms with E-state index in [0.717, 1.165) is 0 Å². The molecule has 17 heavy (non-hydrogen) atoms. The van der Waals surface area contributed by atoms with Crippen molar-refractivity contribution in [1.29, 1.82) is 0 Å². The molecule has 1 N–H and O–H groups in total. The number of tetrazole rings is 1. The molecule has 9 nitrogen and oxygen atoms in total. The Hall–Kier alpha value is -2.32. The van der Waals surface area contributed by atoms with E-state index >= 15 is 0 Å². The number of rotatable bonds is 4. The van der Waals surface area contributed by atoms with Crippen molar-refractivity contribution in [2.45, 2.75) is 25.9 Å². The monoisotopic (exact) mass is 237 g/mol. The fourth-order valence-corrected chi connectivity index (χ4v) is 1.29. The molecule has 0 unspecified atom stereocenters. The summed E-state index contributed by atoms with van der Waals surface area (Å²) in [6, 6.07) is 0. The van der Waals surface area contributed by atoms with Crippen molar-refractivity contribution in [3.05, 3.63) is 18.5 Å². The Bertz CT molecular complexity index is 516. The molecular weight excluding hydrogens is 226 g/mol. The molecule has 0 bridgehead atoms. The number of aliphatic carboxylic acids is 1. The molecule has 0 aliphatic heterocycles. The Balaban J connectivity index is 2.32. The first-order valence-electron chi connectivity index (χ1n) is 4.85. The number of carboxylic acids is 1. The zero-order chi connectivity index (χ0) is 12.5. The minimum Gasteiger partial charge on any atom is -0.479 e. The molecule has 0 aliphatic rings. The van der Waals surface area contributed by atoms with Crippen LogP contribution in [-0.2, 0) is 16.9 Å². The van der Waals surface area contributed by atoms with E-state index in [4.69, 9.17) is 5.11 Å². The van der Waals surface area contributed by atoms with Crippen molar-refractivity contribution in [2.75, 3.05) is 0 Å². The summed E-state index contributed by atoms with van der Waals surface area (Å²) < 4.78 is 2.77. The standard InChI is InChI=1S/C8H11N7O2/c1-8(2,7(16)17)15-6(11-12-13-15)3-14-5-9-4-10-14/h4-5H,3H2,1-2H3,(H,16,17). The van der Waals surface area contributed by atoms with E-state index < -0.39 is 11.5 Å². The second-order valence-corrected chi connectivity index (χ2v) is 3.96. The highest BCUT2D eigenvalue weighted by Crippen LogP contribution is 2.15. The summed E-state index contributed by atoms with van der Waals surface area (Å²) in [5, 5.41) is 24.0. The highest BCUT2D eigenvalue weighted by Gasteiger charge is 2.33. The van der Waals surface area contributed by atoms with Crippen LogP contribution >= 0.6 is 0 Å². The maximum absolute atomic E-state index is 11.1. The summed E-state index contributed by atoms with van der Waals surface area (Å²) in [7, 11) is 0. The van der Waals surface area contributed by atoms with Crippen LogP contribution in [0.1, 0.15) is 19.7 Å². The molecule has 0 aliphatic carbocycles. The van der Waals surface area contributed by atoms with Gasteiger partial charge in [0, 0.05) is 0 Å². The van der Waals surface area contributed by atoms with Crippen LogP contribution in [0.3, 0.4) is 0 Å². The van der Waals surface area contributed by atoms with Gasteiger partial charge in [0.15, 0.2) is 11.4 Å². The Morgan fingerprint density at radius 3 is 2.88 bits per heavy atom. The van der Waals surface area contributed by atoms with E-state index in [1.54, 1.807) is 0 Å². The lowest BCUT2D eigenvalue weighted by Gasteiger charge is -2.20. The van der Waals surface area contributed by atoms with E-state index in [1.807, 2.05) is 0 Å². The van der Waals surface area contributed by atoms with Gasteiger partial charge in [0.25, 0.3) is 0 Å². The first-order chi connectivity index (χ1) is 8.01. The summed E-state index contributed by atoms with van der Waals surface area (Å²) in [6.45, 7) is 3.32. The fourth-order valence-electron chi connectivity index (χ4n) is 1.29. The summed E-state index contributed by atoms with van der Waals surface area (Å²) in [6.07, 6.45) is 2.89. The third-order valence-corrected chi connectivity index (χ3v) is 2.36. The third kappa shape index (κ3) is 1.98. The molecular formula is C8H11N7O2. The van der Waals surface area contributed by atoms with Crippen LogP contribution in [0.25, 0.3) is 0 Å². The summed E-state index contributed by atoms with van der Waals surface area (Å²) in [5.41, 5.74) is -1.21. The largest absolute Gasteiger partial charge is 0.479 e. The maximum atomic E-state index is 11.1.